The third-order valence-corrected chi connectivity index (χ3v) is 2.91. The van der Waals surface area contributed by atoms with Crippen molar-refractivity contribution in [2.24, 2.45) is 0 Å². The minimum atomic E-state index is -1.10. The molecule has 0 unspecified atom stereocenters. The normalized spacial score (nSPS) is 10.2. The molecule has 2 aromatic carbocycles. The van der Waals surface area contributed by atoms with E-state index in [0.29, 0.717) is 5.56 Å². The Morgan fingerprint density at radius 3 is 2.10 bits per heavy atom. The molecular weight excluding hydrogens is 260 g/mol. The number of phenols is 1. The van der Waals surface area contributed by atoms with Gasteiger partial charge in [-0.3, -0.25) is 0 Å². The predicted octanol–water partition coefficient (Wildman–Crippen LogP) is 2.38. The van der Waals surface area contributed by atoms with Crippen molar-refractivity contribution in [2.45, 2.75) is 6.42 Å². The summed E-state index contributed by atoms with van der Waals surface area (Å²) in [5.74, 6) is -2.09. The molecule has 0 atom stereocenters. The van der Waals surface area contributed by atoms with Gasteiger partial charge >= 0.3 is 11.9 Å². The number of benzene rings is 2. The summed E-state index contributed by atoms with van der Waals surface area (Å²) in [6.45, 7) is 0. The van der Waals surface area contributed by atoms with E-state index in [1.54, 1.807) is 12.1 Å². The number of phenolic OH excluding ortho intramolecular Hbond substituents is 1. The first-order valence-corrected chi connectivity index (χ1v) is 5.85. The third-order valence-electron chi connectivity index (χ3n) is 2.91. The molecule has 0 spiro atoms. The van der Waals surface area contributed by atoms with E-state index in [2.05, 4.69) is 0 Å². The van der Waals surface area contributed by atoms with Crippen molar-refractivity contribution in [3.63, 3.8) is 0 Å². The van der Waals surface area contributed by atoms with Crippen molar-refractivity contribution < 1.29 is 24.9 Å². The average molecular weight is 272 g/mol. The zero-order chi connectivity index (χ0) is 14.7. The molecule has 0 saturated carbocycles. The SMILES string of the molecule is O=C(O)c1ccc(C(=O)O)c(Cc2ccc(O)cc2)c1. The van der Waals surface area contributed by atoms with E-state index in [1.807, 2.05) is 0 Å². The van der Waals surface area contributed by atoms with Gasteiger partial charge in [0.2, 0.25) is 0 Å². The van der Waals surface area contributed by atoms with E-state index in [0.717, 1.165) is 5.56 Å². The second kappa shape index (κ2) is 5.44. The van der Waals surface area contributed by atoms with E-state index >= 15 is 0 Å². The fourth-order valence-corrected chi connectivity index (χ4v) is 1.92. The van der Waals surface area contributed by atoms with Crippen LogP contribution in [0.2, 0.25) is 0 Å². The summed E-state index contributed by atoms with van der Waals surface area (Å²) in [7, 11) is 0. The Hall–Kier alpha value is -2.82. The van der Waals surface area contributed by atoms with Crippen molar-refractivity contribution in [1.82, 2.24) is 0 Å². The topological polar surface area (TPSA) is 94.8 Å². The van der Waals surface area contributed by atoms with Gasteiger partial charge in [0.15, 0.2) is 0 Å². The Labute approximate surface area is 114 Å². The molecule has 0 amide bonds. The Bertz CT molecular complexity index is 658. The maximum atomic E-state index is 11.2. The number of hydrogen-bond acceptors (Lipinski definition) is 3. The fourth-order valence-electron chi connectivity index (χ4n) is 1.92. The average Bonchev–Trinajstić information content (AvgIpc) is 2.41. The monoisotopic (exact) mass is 272 g/mol. The van der Waals surface area contributed by atoms with Crippen LogP contribution in [0.5, 0.6) is 5.75 Å². The van der Waals surface area contributed by atoms with Crippen LogP contribution in [0, 0.1) is 0 Å². The van der Waals surface area contributed by atoms with Crippen molar-refractivity contribution in [1.29, 1.82) is 0 Å². The number of aromatic carboxylic acids is 2. The fraction of sp³-hybridized carbons (Fsp3) is 0.0667. The number of rotatable bonds is 4. The number of carboxylic acids is 2. The van der Waals surface area contributed by atoms with Crippen LogP contribution in [0.25, 0.3) is 0 Å². The lowest BCUT2D eigenvalue weighted by Gasteiger charge is -2.08. The lowest BCUT2D eigenvalue weighted by molar-refractivity contribution is 0.0680. The zero-order valence-corrected chi connectivity index (χ0v) is 10.4. The summed E-state index contributed by atoms with van der Waals surface area (Å²) >= 11 is 0. The summed E-state index contributed by atoms with van der Waals surface area (Å²) in [4.78, 5) is 22.1. The molecule has 2 rings (SSSR count). The van der Waals surface area contributed by atoms with Crippen LogP contribution in [-0.2, 0) is 6.42 Å². The largest absolute Gasteiger partial charge is 0.508 e. The highest BCUT2D eigenvalue weighted by molar-refractivity contribution is 5.93. The molecule has 0 aliphatic rings. The van der Waals surface area contributed by atoms with Gasteiger partial charge in [-0.2, -0.15) is 0 Å². The van der Waals surface area contributed by atoms with Crippen LogP contribution in [0.4, 0.5) is 0 Å². The van der Waals surface area contributed by atoms with Crippen LogP contribution in [0.15, 0.2) is 42.5 Å². The first-order chi connectivity index (χ1) is 9.47. The molecule has 0 heterocycles. The van der Waals surface area contributed by atoms with Gasteiger partial charge < -0.3 is 15.3 Å². The highest BCUT2D eigenvalue weighted by Gasteiger charge is 2.13. The maximum Gasteiger partial charge on any atom is 0.335 e. The molecule has 0 radical (unpaired) electrons. The van der Waals surface area contributed by atoms with Gasteiger partial charge in [0.25, 0.3) is 0 Å². The summed E-state index contributed by atoms with van der Waals surface area (Å²) in [5, 5.41) is 27.3. The van der Waals surface area contributed by atoms with Crippen molar-refractivity contribution >= 4 is 11.9 Å². The Kier molecular flexibility index (Phi) is 3.70. The number of aromatic hydroxyl groups is 1. The smallest absolute Gasteiger partial charge is 0.335 e. The number of hydrogen-bond donors (Lipinski definition) is 3. The third kappa shape index (κ3) is 2.95. The van der Waals surface area contributed by atoms with Gasteiger partial charge in [0.1, 0.15) is 5.75 Å². The van der Waals surface area contributed by atoms with E-state index in [4.69, 9.17) is 10.2 Å². The second-order valence-corrected chi connectivity index (χ2v) is 4.33. The van der Waals surface area contributed by atoms with Gasteiger partial charge in [-0.1, -0.05) is 12.1 Å². The maximum absolute atomic E-state index is 11.2. The highest BCUT2D eigenvalue weighted by atomic mass is 16.4. The molecule has 0 aromatic heterocycles. The molecule has 5 nitrogen and oxygen atoms in total. The summed E-state index contributed by atoms with van der Waals surface area (Å²) in [6.07, 6.45) is 0.281. The van der Waals surface area contributed by atoms with E-state index in [1.165, 1.54) is 30.3 Å². The molecule has 102 valence electrons. The summed E-state index contributed by atoms with van der Waals surface area (Å²) in [5.41, 5.74) is 1.32. The molecule has 0 saturated heterocycles. The first-order valence-electron chi connectivity index (χ1n) is 5.85. The Balaban J connectivity index is 2.41. The van der Waals surface area contributed by atoms with Crippen LogP contribution in [0.1, 0.15) is 31.8 Å². The lowest BCUT2D eigenvalue weighted by atomic mass is 9.97. The quantitative estimate of drug-likeness (QED) is 0.794. The van der Waals surface area contributed by atoms with E-state index < -0.39 is 11.9 Å². The van der Waals surface area contributed by atoms with Gasteiger partial charge in [0, 0.05) is 0 Å². The van der Waals surface area contributed by atoms with Crippen molar-refractivity contribution in [3.05, 3.63) is 64.7 Å². The summed E-state index contributed by atoms with van der Waals surface area (Å²) < 4.78 is 0. The minimum absolute atomic E-state index is 0.0452. The van der Waals surface area contributed by atoms with Gasteiger partial charge in [-0.15, -0.1) is 0 Å². The second-order valence-electron chi connectivity index (χ2n) is 4.33. The zero-order valence-electron chi connectivity index (χ0n) is 10.4. The number of carboxylic acid groups (broad SMARTS) is 2. The van der Waals surface area contributed by atoms with Gasteiger partial charge in [0.05, 0.1) is 11.1 Å². The van der Waals surface area contributed by atoms with E-state index in [9.17, 15) is 14.7 Å². The van der Waals surface area contributed by atoms with Gasteiger partial charge in [-0.25, -0.2) is 9.59 Å². The highest BCUT2D eigenvalue weighted by Crippen LogP contribution is 2.19. The lowest BCUT2D eigenvalue weighted by Crippen LogP contribution is -2.06. The van der Waals surface area contributed by atoms with Crippen molar-refractivity contribution in [3.8, 4) is 5.75 Å². The van der Waals surface area contributed by atoms with Gasteiger partial charge in [-0.05, 0) is 47.9 Å². The molecule has 0 bridgehead atoms. The van der Waals surface area contributed by atoms with Crippen LogP contribution < -0.4 is 0 Å². The Morgan fingerprint density at radius 2 is 1.55 bits per heavy atom. The molecular formula is C15H12O5. The van der Waals surface area contributed by atoms with Crippen LogP contribution in [0.3, 0.4) is 0 Å². The molecule has 2 aromatic rings. The molecule has 0 aliphatic heterocycles. The predicted molar refractivity (Wildman–Crippen MR) is 71.3 cm³/mol. The molecule has 5 heteroatoms. The molecule has 0 fully saturated rings. The molecule has 20 heavy (non-hydrogen) atoms. The molecule has 3 N–H and O–H groups in total. The van der Waals surface area contributed by atoms with Crippen LogP contribution >= 0.6 is 0 Å². The summed E-state index contributed by atoms with van der Waals surface area (Å²) in [6, 6.07) is 10.2. The van der Waals surface area contributed by atoms with Crippen molar-refractivity contribution in [2.75, 3.05) is 0 Å². The molecule has 0 aliphatic carbocycles. The first kappa shape index (κ1) is 13.6. The van der Waals surface area contributed by atoms with Crippen LogP contribution in [-0.4, -0.2) is 27.3 Å². The Morgan fingerprint density at radius 1 is 0.900 bits per heavy atom. The number of carbonyl (C=O) groups is 2. The van der Waals surface area contributed by atoms with E-state index in [-0.39, 0.29) is 23.3 Å². The minimum Gasteiger partial charge on any atom is -0.508 e. The standard InChI is InChI=1S/C15H12O5/c16-12-4-1-9(2-5-12)7-11-8-10(14(17)18)3-6-13(11)15(19)20/h1-6,8,16H,7H2,(H,17,18)(H,19,20).